The van der Waals surface area contributed by atoms with Crippen LogP contribution in [0.4, 0.5) is 4.79 Å². The van der Waals surface area contributed by atoms with E-state index in [9.17, 15) is 13.2 Å². The van der Waals surface area contributed by atoms with Crippen LogP contribution in [0.1, 0.15) is 13.3 Å². The fraction of sp³-hybridized carbons (Fsp3) is 0.875. The van der Waals surface area contributed by atoms with Gasteiger partial charge < -0.3 is 10.2 Å². The van der Waals surface area contributed by atoms with Crippen molar-refractivity contribution in [3.63, 3.8) is 0 Å². The molecule has 1 heterocycles. The van der Waals surface area contributed by atoms with Gasteiger partial charge in [0.15, 0.2) is 9.84 Å². The van der Waals surface area contributed by atoms with E-state index in [1.165, 1.54) is 6.26 Å². The lowest BCUT2D eigenvalue weighted by atomic mass is 10.4. The van der Waals surface area contributed by atoms with Crippen LogP contribution in [-0.2, 0) is 9.84 Å². The molecule has 1 unspecified atom stereocenters. The summed E-state index contributed by atoms with van der Waals surface area (Å²) >= 11 is 0. The quantitative estimate of drug-likeness (QED) is 0.703. The fourth-order valence-electron chi connectivity index (χ4n) is 1.53. The Labute approximate surface area is 84.4 Å². The summed E-state index contributed by atoms with van der Waals surface area (Å²) in [6.07, 6.45) is 1.77. The topological polar surface area (TPSA) is 66.5 Å². The van der Waals surface area contributed by atoms with Crippen molar-refractivity contribution < 1.29 is 13.2 Å². The van der Waals surface area contributed by atoms with Crippen LogP contribution in [0.25, 0.3) is 0 Å². The van der Waals surface area contributed by atoms with Crippen molar-refractivity contribution in [3.8, 4) is 0 Å². The first-order valence-corrected chi connectivity index (χ1v) is 6.62. The van der Waals surface area contributed by atoms with Crippen LogP contribution in [-0.4, -0.2) is 50.5 Å². The molecule has 0 bridgehead atoms. The van der Waals surface area contributed by atoms with Gasteiger partial charge >= 0.3 is 6.03 Å². The molecular weight excluding hydrogens is 204 g/mol. The van der Waals surface area contributed by atoms with Crippen molar-refractivity contribution >= 4 is 15.9 Å². The molecule has 2 amide bonds. The van der Waals surface area contributed by atoms with Crippen molar-refractivity contribution in [1.29, 1.82) is 0 Å². The lowest BCUT2D eigenvalue weighted by Gasteiger charge is -2.15. The minimum atomic E-state index is -3.01. The largest absolute Gasteiger partial charge is 0.338 e. The highest BCUT2D eigenvalue weighted by atomic mass is 32.2. The van der Waals surface area contributed by atoms with Crippen molar-refractivity contribution in [2.45, 2.75) is 18.6 Å². The third-order valence-corrected chi connectivity index (χ3v) is 3.96. The molecule has 0 aromatic heterocycles. The molecule has 5 nitrogen and oxygen atoms in total. The smallest absolute Gasteiger partial charge is 0.317 e. The van der Waals surface area contributed by atoms with Gasteiger partial charge in [0.05, 0.1) is 5.25 Å². The predicted octanol–water partition coefficient (Wildman–Crippen LogP) is -0.165. The van der Waals surface area contributed by atoms with Crippen molar-refractivity contribution in [1.82, 2.24) is 10.2 Å². The zero-order valence-electron chi connectivity index (χ0n) is 8.49. The molecule has 1 rings (SSSR count). The van der Waals surface area contributed by atoms with Gasteiger partial charge in [0.25, 0.3) is 0 Å². The summed E-state index contributed by atoms with van der Waals surface area (Å²) in [6, 6.07) is -0.168. The van der Waals surface area contributed by atoms with Crippen LogP contribution in [0, 0.1) is 0 Å². The molecule has 1 atom stereocenters. The summed E-state index contributed by atoms with van der Waals surface area (Å²) in [5.74, 6) is 0. The number of rotatable bonds is 2. The molecule has 1 N–H and O–H groups in total. The zero-order chi connectivity index (χ0) is 10.8. The lowest BCUT2D eigenvalue weighted by Crippen LogP contribution is -2.39. The first kappa shape index (κ1) is 11.3. The summed E-state index contributed by atoms with van der Waals surface area (Å²) in [6.45, 7) is 3.26. The molecule has 6 heteroatoms. The van der Waals surface area contributed by atoms with Gasteiger partial charge in [-0.1, -0.05) is 0 Å². The number of urea groups is 1. The predicted molar refractivity (Wildman–Crippen MR) is 53.9 cm³/mol. The van der Waals surface area contributed by atoms with Gasteiger partial charge in [-0.05, 0) is 13.3 Å². The maximum absolute atomic E-state index is 11.3. The van der Waals surface area contributed by atoms with Gasteiger partial charge in [-0.25, -0.2) is 13.2 Å². The minimum absolute atomic E-state index is 0.168. The van der Waals surface area contributed by atoms with E-state index in [0.29, 0.717) is 26.1 Å². The highest BCUT2D eigenvalue weighted by Gasteiger charge is 2.32. The van der Waals surface area contributed by atoms with E-state index in [-0.39, 0.29) is 11.3 Å². The molecule has 0 aliphatic carbocycles. The molecule has 0 radical (unpaired) electrons. The first-order valence-electron chi connectivity index (χ1n) is 4.66. The second kappa shape index (κ2) is 4.16. The summed E-state index contributed by atoms with van der Waals surface area (Å²) in [5.41, 5.74) is 0. The summed E-state index contributed by atoms with van der Waals surface area (Å²) in [7, 11) is -3.01. The molecule has 1 fully saturated rings. The average molecular weight is 220 g/mol. The molecule has 14 heavy (non-hydrogen) atoms. The Morgan fingerprint density at radius 2 is 2.21 bits per heavy atom. The van der Waals surface area contributed by atoms with E-state index in [0.717, 1.165) is 0 Å². The van der Waals surface area contributed by atoms with E-state index < -0.39 is 9.84 Å². The molecular formula is C8H16N2O3S. The molecule has 1 saturated heterocycles. The minimum Gasteiger partial charge on any atom is -0.338 e. The second-order valence-electron chi connectivity index (χ2n) is 3.52. The highest BCUT2D eigenvalue weighted by Crippen LogP contribution is 2.15. The third-order valence-electron chi connectivity index (χ3n) is 2.37. The van der Waals surface area contributed by atoms with Crippen LogP contribution in [0.2, 0.25) is 0 Å². The van der Waals surface area contributed by atoms with E-state index >= 15 is 0 Å². The Kier molecular flexibility index (Phi) is 3.36. The maximum Gasteiger partial charge on any atom is 0.317 e. The zero-order valence-corrected chi connectivity index (χ0v) is 9.30. The molecule has 0 aromatic carbocycles. The fourth-order valence-corrected chi connectivity index (χ4v) is 2.51. The van der Waals surface area contributed by atoms with Crippen LogP contribution in [0.5, 0.6) is 0 Å². The van der Waals surface area contributed by atoms with E-state index in [2.05, 4.69) is 5.32 Å². The Morgan fingerprint density at radius 1 is 1.57 bits per heavy atom. The molecule has 0 spiro atoms. The SMILES string of the molecule is CCNC(=O)N1CCC(S(C)(=O)=O)C1. The third kappa shape index (κ3) is 2.60. The number of hydrogen-bond acceptors (Lipinski definition) is 3. The monoisotopic (exact) mass is 220 g/mol. The number of likely N-dealkylation sites (tertiary alicyclic amines) is 1. The van der Waals surface area contributed by atoms with Gasteiger partial charge in [0, 0.05) is 25.9 Å². The van der Waals surface area contributed by atoms with Crippen LogP contribution < -0.4 is 5.32 Å². The molecule has 1 aliphatic rings. The van der Waals surface area contributed by atoms with Crippen LogP contribution >= 0.6 is 0 Å². The van der Waals surface area contributed by atoms with Gasteiger partial charge in [-0.15, -0.1) is 0 Å². The van der Waals surface area contributed by atoms with Crippen molar-refractivity contribution in [2.75, 3.05) is 25.9 Å². The number of sulfone groups is 1. The summed E-state index contributed by atoms with van der Waals surface area (Å²) in [5, 5.41) is 2.27. The van der Waals surface area contributed by atoms with Gasteiger partial charge in [-0.3, -0.25) is 0 Å². The van der Waals surface area contributed by atoms with E-state index in [1.54, 1.807) is 4.90 Å². The Bertz CT molecular complexity index is 313. The summed E-state index contributed by atoms with van der Waals surface area (Å²) < 4.78 is 22.4. The Morgan fingerprint density at radius 3 is 2.64 bits per heavy atom. The maximum atomic E-state index is 11.3. The molecule has 82 valence electrons. The Hall–Kier alpha value is -0.780. The van der Waals surface area contributed by atoms with Crippen LogP contribution in [0.3, 0.4) is 0 Å². The second-order valence-corrected chi connectivity index (χ2v) is 5.85. The van der Waals surface area contributed by atoms with Crippen molar-refractivity contribution in [3.05, 3.63) is 0 Å². The van der Waals surface area contributed by atoms with E-state index in [1.807, 2.05) is 6.92 Å². The summed E-state index contributed by atoms with van der Waals surface area (Å²) in [4.78, 5) is 12.9. The average Bonchev–Trinajstić information content (AvgIpc) is 2.51. The van der Waals surface area contributed by atoms with Gasteiger partial charge in [0.2, 0.25) is 0 Å². The van der Waals surface area contributed by atoms with Crippen molar-refractivity contribution in [2.24, 2.45) is 0 Å². The van der Waals surface area contributed by atoms with Gasteiger partial charge in [-0.2, -0.15) is 0 Å². The number of hydrogen-bond donors (Lipinski definition) is 1. The molecule has 1 aliphatic heterocycles. The standard InChI is InChI=1S/C8H16N2O3S/c1-3-9-8(11)10-5-4-7(6-10)14(2,12)13/h7H,3-6H2,1-2H3,(H,9,11). The van der Waals surface area contributed by atoms with Crippen LogP contribution in [0.15, 0.2) is 0 Å². The number of carbonyl (C=O) groups is 1. The van der Waals surface area contributed by atoms with E-state index in [4.69, 9.17) is 0 Å². The first-order chi connectivity index (χ1) is 6.45. The molecule has 0 saturated carbocycles. The van der Waals surface area contributed by atoms with Gasteiger partial charge in [0.1, 0.15) is 0 Å². The Balaban J connectivity index is 2.54. The number of carbonyl (C=O) groups excluding carboxylic acids is 1. The highest BCUT2D eigenvalue weighted by molar-refractivity contribution is 7.91. The normalized spacial score (nSPS) is 22.4. The lowest BCUT2D eigenvalue weighted by molar-refractivity contribution is 0.209. The number of nitrogens with one attached hydrogen (secondary N) is 1. The molecule has 0 aromatic rings. The number of amides is 2. The number of nitrogens with zero attached hydrogens (tertiary/aromatic N) is 1.